The van der Waals surface area contributed by atoms with Crippen molar-refractivity contribution in [1.82, 2.24) is 0 Å². The van der Waals surface area contributed by atoms with Crippen LogP contribution in [0.5, 0.6) is 0 Å². The molecule has 2 aliphatic carbocycles. The van der Waals surface area contributed by atoms with Gasteiger partial charge in [0.25, 0.3) is 0 Å². The number of nitrogen functional groups attached to an aromatic ring is 2. The van der Waals surface area contributed by atoms with E-state index in [9.17, 15) is 15.6 Å². The second kappa shape index (κ2) is 15.0. The zero-order chi connectivity index (χ0) is 38.1. The van der Waals surface area contributed by atoms with Gasteiger partial charge in [0.05, 0.1) is 16.8 Å². The molecule has 0 amide bonds. The number of fused-ring (bicyclic) bond motifs is 4. The van der Waals surface area contributed by atoms with Gasteiger partial charge in [0.2, 0.25) is 5.71 Å². The Morgan fingerprint density at radius 1 is 0.630 bits per heavy atom. The number of hydrogen-bond donors (Lipinski definition) is 3. The molecule has 0 bridgehead atoms. The second-order valence-electron chi connectivity index (χ2n) is 14.1. The van der Waals surface area contributed by atoms with E-state index in [1.807, 2.05) is 48.5 Å². The minimum atomic E-state index is -0.0818. The van der Waals surface area contributed by atoms with Crippen molar-refractivity contribution < 1.29 is 9.68 Å². The molecule has 0 fully saturated rings. The number of nitrogens with two attached hydrogens (primary N) is 2. The van der Waals surface area contributed by atoms with Crippen LogP contribution in [0.4, 0.5) is 17.1 Å². The molecule has 0 aromatic heterocycles. The number of benzene rings is 5. The fraction of sp³-hybridized carbons (Fsp3) is 0.255. The van der Waals surface area contributed by atoms with Crippen molar-refractivity contribution in [2.45, 2.75) is 53.4 Å². The first-order valence-corrected chi connectivity index (χ1v) is 19.2. The van der Waals surface area contributed by atoms with Gasteiger partial charge in [0.15, 0.2) is 0 Å². The molecule has 7 heteroatoms. The van der Waals surface area contributed by atoms with E-state index in [-0.39, 0.29) is 11.3 Å². The molecular formula is C47H47N6O+. The van der Waals surface area contributed by atoms with Crippen LogP contribution < -0.4 is 16.4 Å². The van der Waals surface area contributed by atoms with Crippen LogP contribution >= 0.6 is 0 Å². The van der Waals surface area contributed by atoms with Crippen molar-refractivity contribution in [3.05, 3.63) is 135 Å². The first-order chi connectivity index (χ1) is 26.4. The highest BCUT2D eigenvalue weighted by Crippen LogP contribution is 2.57. The highest BCUT2D eigenvalue weighted by molar-refractivity contribution is 6.28. The maximum absolute atomic E-state index is 12.7. The zero-order valence-electron chi connectivity index (χ0n) is 31.6. The van der Waals surface area contributed by atoms with Crippen LogP contribution in [0, 0.1) is 22.7 Å². The zero-order valence-corrected chi connectivity index (χ0v) is 31.6. The third-order valence-corrected chi connectivity index (χ3v) is 10.7. The number of anilines is 3. The minimum Gasteiger partial charge on any atom is -0.507 e. The molecule has 5 aromatic carbocycles. The Morgan fingerprint density at radius 3 is 1.56 bits per heavy atom. The summed E-state index contributed by atoms with van der Waals surface area (Å²) in [7, 11) is 0. The predicted molar refractivity (Wildman–Crippen MR) is 224 cm³/mol. The van der Waals surface area contributed by atoms with E-state index in [1.165, 1.54) is 0 Å². The molecular weight excluding hydrogens is 665 g/mol. The molecule has 270 valence electrons. The van der Waals surface area contributed by atoms with Gasteiger partial charge >= 0.3 is 0 Å². The number of allylic oxidation sites excluding steroid dienone is 3. The van der Waals surface area contributed by atoms with E-state index in [0.717, 1.165) is 113 Å². The largest absolute Gasteiger partial charge is 0.507 e. The Hall–Kier alpha value is -6.31. The summed E-state index contributed by atoms with van der Waals surface area (Å²) < 4.78 is 2.46. The Balaban J connectivity index is 1.66. The van der Waals surface area contributed by atoms with Gasteiger partial charge in [0.1, 0.15) is 36.6 Å². The Kier molecular flexibility index (Phi) is 10.00. The van der Waals surface area contributed by atoms with Gasteiger partial charge in [-0.1, -0.05) is 88.4 Å². The molecule has 0 saturated carbocycles. The summed E-state index contributed by atoms with van der Waals surface area (Å²) in [6, 6.07) is 32.7. The van der Waals surface area contributed by atoms with Crippen LogP contribution in [-0.4, -0.2) is 41.6 Å². The molecule has 0 spiro atoms. The van der Waals surface area contributed by atoms with Crippen LogP contribution in [0.1, 0.15) is 81.2 Å². The summed E-state index contributed by atoms with van der Waals surface area (Å²) in [4.78, 5) is 2.40. The molecule has 2 aliphatic rings. The quantitative estimate of drug-likeness (QED) is 0.0562. The number of hydrogen-bond acceptors (Lipinski definition) is 6. The molecule has 5 aromatic rings. The van der Waals surface area contributed by atoms with Gasteiger partial charge < -0.3 is 21.5 Å². The van der Waals surface area contributed by atoms with Crippen molar-refractivity contribution in [1.29, 1.82) is 10.5 Å². The number of nitrogens with zero attached hydrogens (tertiary/aromatic N) is 4. The SMILES string of the molecule is CCCN(CCC)c1c2cccc(N)c2c(C2=C(O)C(=C3c4ccccc4C(=[N+](CCC)CCC)c4ccccc43)C2=C(C#N)C#N)c2c(N)cccc12. The monoisotopic (exact) mass is 711 g/mol. The van der Waals surface area contributed by atoms with Crippen LogP contribution in [0.15, 0.2) is 107 Å². The Morgan fingerprint density at radius 2 is 1.11 bits per heavy atom. The third-order valence-electron chi connectivity index (χ3n) is 10.7. The van der Waals surface area contributed by atoms with E-state index < -0.39 is 0 Å². The van der Waals surface area contributed by atoms with Gasteiger partial charge in [-0.15, -0.1) is 0 Å². The average Bonchev–Trinajstić information content (AvgIpc) is 3.18. The summed E-state index contributed by atoms with van der Waals surface area (Å²) in [5.74, 6) is 0.0101. The molecule has 0 saturated heterocycles. The van der Waals surface area contributed by atoms with Gasteiger partial charge in [-0.25, -0.2) is 4.58 Å². The molecule has 7 nitrogen and oxygen atoms in total. The molecule has 0 atom stereocenters. The van der Waals surface area contributed by atoms with Crippen molar-refractivity contribution >= 4 is 55.5 Å². The Bertz CT molecular complexity index is 2410. The third kappa shape index (κ3) is 5.60. The van der Waals surface area contributed by atoms with Gasteiger partial charge in [-0.05, 0) is 48.2 Å². The topological polar surface area (TPSA) is 126 Å². The molecule has 0 aliphatic heterocycles. The second-order valence-corrected chi connectivity index (χ2v) is 14.1. The van der Waals surface area contributed by atoms with Crippen molar-refractivity contribution in [3.63, 3.8) is 0 Å². The predicted octanol–water partition coefficient (Wildman–Crippen LogP) is 9.90. The van der Waals surface area contributed by atoms with E-state index in [4.69, 9.17) is 11.5 Å². The molecule has 7 rings (SSSR count). The molecule has 0 unspecified atom stereocenters. The lowest BCUT2D eigenvalue weighted by Crippen LogP contribution is -2.30. The standard InChI is InChI=1S/C47H46N6O/c1-5-23-52(24-6-2)45-32-17-11-9-15-30(32)39(31-16-10-12-18-33(31)45)43-38(29(27-48)28-49)44(47(43)54)42-40-34(19-13-21-36(40)50)46(53(25-7-3)26-8-4)35-20-14-22-37(51)41(35)42/h9-22H,5-8,23-26,50-51H2,1-4H3/p+1. The number of nitriles is 2. The number of rotatable bonds is 10. The first kappa shape index (κ1) is 36.1. The molecule has 0 heterocycles. The van der Waals surface area contributed by atoms with Crippen molar-refractivity contribution in [2.24, 2.45) is 0 Å². The maximum atomic E-state index is 12.7. The lowest BCUT2D eigenvalue weighted by Gasteiger charge is -2.35. The maximum Gasteiger partial charge on any atom is 0.215 e. The average molecular weight is 712 g/mol. The van der Waals surface area contributed by atoms with Crippen LogP contribution in [0.25, 0.3) is 32.7 Å². The highest BCUT2D eigenvalue weighted by atomic mass is 16.3. The van der Waals surface area contributed by atoms with Gasteiger partial charge in [0, 0.05) is 86.7 Å². The van der Waals surface area contributed by atoms with Crippen molar-refractivity contribution in [2.75, 3.05) is 42.5 Å². The van der Waals surface area contributed by atoms with E-state index in [2.05, 4.69) is 85.7 Å². The lowest BCUT2D eigenvalue weighted by atomic mass is 9.68. The van der Waals surface area contributed by atoms with Gasteiger partial charge in [-0.3, -0.25) is 0 Å². The summed E-state index contributed by atoms with van der Waals surface area (Å²) >= 11 is 0. The number of aliphatic hydroxyl groups excluding tert-OH is 1. The van der Waals surface area contributed by atoms with E-state index in [0.29, 0.717) is 33.7 Å². The van der Waals surface area contributed by atoms with Gasteiger partial charge in [-0.2, -0.15) is 10.5 Å². The van der Waals surface area contributed by atoms with Crippen LogP contribution in [-0.2, 0) is 0 Å². The highest BCUT2D eigenvalue weighted by Gasteiger charge is 2.42. The summed E-state index contributed by atoms with van der Waals surface area (Å²) in [6.07, 6.45) is 3.90. The van der Waals surface area contributed by atoms with Crippen LogP contribution in [0.2, 0.25) is 0 Å². The summed E-state index contributed by atoms with van der Waals surface area (Å²) in [6.45, 7) is 12.2. The summed E-state index contributed by atoms with van der Waals surface area (Å²) in [5.41, 5.74) is 23.7. The van der Waals surface area contributed by atoms with Crippen LogP contribution in [0.3, 0.4) is 0 Å². The smallest absolute Gasteiger partial charge is 0.215 e. The Labute approximate surface area is 318 Å². The van der Waals surface area contributed by atoms with Crippen molar-refractivity contribution in [3.8, 4) is 12.1 Å². The summed E-state index contributed by atoms with van der Waals surface area (Å²) in [5, 5.41) is 37.2. The molecule has 5 N–H and O–H groups in total. The normalized spacial score (nSPS) is 13.4. The lowest BCUT2D eigenvalue weighted by molar-refractivity contribution is -0.527. The first-order valence-electron chi connectivity index (χ1n) is 19.2. The fourth-order valence-corrected chi connectivity index (χ4v) is 8.72. The molecule has 0 radical (unpaired) electrons. The van der Waals surface area contributed by atoms with E-state index in [1.54, 1.807) is 0 Å². The fourth-order valence-electron chi connectivity index (χ4n) is 8.72. The number of aliphatic hydroxyl groups is 1. The molecule has 54 heavy (non-hydrogen) atoms. The minimum absolute atomic E-state index is 0.0101. The van der Waals surface area contributed by atoms with E-state index >= 15 is 0 Å².